The molecule has 0 radical (unpaired) electrons. The van der Waals surface area contributed by atoms with Crippen molar-refractivity contribution in [2.45, 2.75) is 50.5 Å². The summed E-state index contributed by atoms with van der Waals surface area (Å²) in [6.07, 6.45) is 2.93. The molecule has 1 heterocycles. The van der Waals surface area contributed by atoms with Crippen LogP contribution in [0.2, 0.25) is 0 Å². The Morgan fingerprint density at radius 1 is 1.53 bits per heavy atom. The lowest BCUT2D eigenvalue weighted by Gasteiger charge is -2.16. The third-order valence-electron chi connectivity index (χ3n) is 2.34. The molecule has 0 fully saturated rings. The lowest BCUT2D eigenvalue weighted by Crippen LogP contribution is -2.27. The van der Waals surface area contributed by atoms with Gasteiger partial charge in [0.05, 0.1) is 5.75 Å². The summed E-state index contributed by atoms with van der Waals surface area (Å²) in [5.74, 6) is 0.789. The van der Waals surface area contributed by atoms with E-state index in [4.69, 9.17) is 9.63 Å². The van der Waals surface area contributed by atoms with Gasteiger partial charge in [-0.3, -0.25) is 4.79 Å². The Balaban J connectivity index is 2.47. The quantitative estimate of drug-likeness (QED) is 0.809. The summed E-state index contributed by atoms with van der Waals surface area (Å²) < 4.78 is 4.23. The summed E-state index contributed by atoms with van der Waals surface area (Å²) in [6.45, 7) is 5.43. The zero-order valence-corrected chi connectivity index (χ0v) is 11.2. The van der Waals surface area contributed by atoms with E-state index in [9.17, 15) is 4.79 Å². The maximum absolute atomic E-state index is 10.9. The number of aliphatic carboxylic acids is 1. The normalized spacial score (nSPS) is 11.7. The van der Waals surface area contributed by atoms with Gasteiger partial charge in [0, 0.05) is 6.42 Å². The summed E-state index contributed by atoms with van der Waals surface area (Å²) >= 11 is 1.28. The average molecular weight is 258 g/mol. The first-order chi connectivity index (χ1) is 7.95. The van der Waals surface area contributed by atoms with Gasteiger partial charge < -0.3 is 9.63 Å². The van der Waals surface area contributed by atoms with Crippen LogP contribution in [0.4, 0.5) is 0 Å². The third kappa shape index (κ3) is 4.38. The lowest BCUT2D eigenvalue weighted by molar-refractivity contribution is -0.138. The topological polar surface area (TPSA) is 76.2 Å². The maximum atomic E-state index is 10.9. The zero-order chi connectivity index (χ0) is 12.9. The van der Waals surface area contributed by atoms with E-state index in [1.807, 2.05) is 0 Å². The number of nitrogens with zero attached hydrogens (tertiary/aromatic N) is 2. The Morgan fingerprint density at radius 3 is 2.82 bits per heavy atom. The Bertz CT molecular complexity index is 377. The number of rotatable bonds is 7. The molecule has 17 heavy (non-hydrogen) atoms. The van der Waals surface area contributed by atoms with Crippen LogP contribution in [0.15, 0.2) is 4.52 Å². The number of carboxylic acids is 1. The molecule has 0 unspecified atom stereocenters. The molecule has 0 bridgehead atoms. The molecular formula is C11H18N2O3S. The highest BCUT2D eigenvalue weighted by Gasteiger charge is 2.28. The second kappa shape index (κ2) is 6.05. The molecule has 0 aliphatic carbocycles. The first kappa shape index (κ1) is 14.0. The number of carboxylic acid groups (broad SMARTS) is 1. The average Bonchev–Trinajstić information content (AvgIpc) is 2.71. The fourth-order valence-corrected chi connectivity index (χ4v) is 1.81. The molecule has 1 aromatic heterocycles. The Morgan fingerprint density at radius 2 is 2.24 bits per heavy atom. The van der Waals surface area contributed by atoms with Gasteiger partial charge in [0.1, 0.15) is 4.75 Å². The maximum Gasteiger partial charge on any atom is 0.319 e. The number of carbonyl (C=O) groups is 1. The summed E-state index contributed by atoms with van der Waals surface area (Å²) in [4.78, 5) is 15.1. The van der Waals surface area contributed by atoms with E-state index in [1.165, 1.54) is 11.8 Å². The lowest BCUT2D eigenvalue weighted by atomic mass is 10.2. The second-order valence-corrected chi connectivity index (χ2v) is 5.91. The minimum absolute atomic E-state index is 0.429. The first-order valence-corrected chi connectivity index (χ1v) is 6.63. The standard InChI is InChI=1S/C11H18N2O3S/c1-4-5-6-8-12-9(16-13-8)7-17-11(2,3)10(14)15/h4-7H2,1-3H3,(H,14,15). The van der Waals surface area contributed by atoms with E-state index < -0.39 is 10.7 Å². The van der Waals surface area contributed by atoms with Crippen molar-refractivity contribution in [3.63, 3.8) is 0 Å². The van der Waals surface area contributed by atoms with Crippen molar-refractivity contribution in [2.75, 3.05) is 0 Å². The van der Waals surface area contributed by atoms with E-state index >= 15 is 0 Å². The molecule has 0 aliphatic heterocycles. The fraction of sp³-hybridized carbons (Fsp3) is 0.727. The van der Waals surface area contributed by atoms with Crippen molar-refractivity contribution in [3.8, 4) is 0 Å². The molecule has 1 aromatic rings. The molecule has 0 atom stereocenters. The molecule has 1 rings (SSSR count). The molecule has 1 N–H and O–H groups in total. The van der Waals surface area contributed by atoms with Crippen LogP contribution in [-0.4, -0.2) is 26.0 Å². The van der Waals surface area contributed by atoms with Crippen molar-refractivity contribution < 1.29 is 14.4 Å². The number of aryl methyl sites for hydroxylation is 1. The number of hydrogen-bond donors (Lipinski definition) is 1. The van der Waals surface area contributed by atoms with E-state index in [0.29, 0.717) is 17.5 Å². The Kier molecular flexibility index (Phi) is 4.99. The minimum Gasteiger partial charge on any atom is -0.480 e. The van der Waals surface area contributed by atoms with Crippen molar-refractivity contribution in [2.24, 2.45) is 0 Å². The third-order valence-corrected chi connectivity index (χ3v) is 3.62. The van der Waals surface area contributed by atoms with Crippen LogP contribution in [0.25, 0.3) is 0 Å². The number of hydrogen-bond acceptors (Lipinski definition) is 5. The van der Waals surface area contributed by atoms with Crippen molar-refractivity contribution >= 4 is 17.7 Å². The highest BCUT2D eigenvalue weighted by molar-refractivity contribution is 8.00. The van der Waals surface area contributed by atoms with Gasteiger partial charge in [0.2, 0.25) is 5.89 Å². The summed E-state index contributed by atoms with van der Waals surface area (Å²) in [5, 5.41) is 12.8. The number of thioether (sulfide) groups is 1. The molecule has 0 spiro atoms. The van der Waals surface area contributed by atoms with E-state index in [1.54, 1.807) is 13.8 Å². The summed E-state index contributed by atoms with van der Waals surface area (Å²) in [5.41, 5.74) is 0. The Hall–Kier alpha value is -1.04. The zero-order valence-electron chi connectivity index (χ0n) is 10.4. The van der Waals surface area contributed by atoms with Gasteiger partial charge >= 0.3 is 5.97 Å². The van der Waals surface area contributed by atoms with Gasteiger partial charge in [0.15, 0.2) is 5.82 Å². The van der Waals surface area contributed by atoms with Crippen LogP contribution >= 0.6 is 11.8 Å². The van der Waals surface area contributed by atoms with Crippen molar-refractivity contribution in [1.82, 2.24) is 10.1 Å². The van der Waals surface area contributed by atoms with E-state index in [0.717, 1.165) is 19.3 Å². The van der Waals surface area contributed by atoms with Crippen LogP contribution in [-0.2, 0) is 17.0 Å². The molecule has 0 aliphatic rings. The Labute approximate surface area is 105 Å². The van der Waals surface area contributed by atoms with Gasteiger partial charge in [-0.2, -0.15) is 4.98 Å². The molecule has 0 saturated heterocycles. The molecule has 96 valence electrons. The first-order valence-electron chi connectivity index (χ1n) is 5.64. The molecule has 5 nitrogen and oxygen atoms in total. The van der Waals surface area contributed by atoms with Crippen molar-refractivity contribution in [1.29, 1.82) is 0 Å². The van der Waals surface area contributed by atoms with Gasteiger partial charge in [-0.15, -0.1) is 11.8 Å². The van der Waals surface area contributed by atoms with Gasteiger partial charge in [-0.1, -0.05) is 18.5 Å². The molecular weight excluding hydrogens is 240 g/mol. The molecule has 0 saturated carbocycles. The van der Waals surface area contributed by atoms with Crippen LogP contribution < -0.4 is 0 Å². The van der Waals surface area contributed by atoms with E-state index in [2.05, 4.69) is 17.1 Å². The highest BCUT2D eigenvalue weighted by Crippen LogP contribution is 2.27. The minimum atomic E-state index is -0.840. The van der Waals surface area contributed by atoms with Gasteiger partial charge in [0.25, 0.3) is 0 Å². The highest BCUT2D eigenvalue weighted by atomic mass is 32.2. The largest absolute Gasteiger partial charge is 0.480 e. The second-order valence-electron chi connectivity index (χ2n) is 4.31. The predicted molar refractivity (Wildman–Crippen MR) is 65.9 cm³/mol. The summed E-state index contributed by atoms with van der Waals surface area (Å²) in [7, 11) is 0. The smallest absolute Gasteiger partial charge is 0.319 e. The fourth-order valence-electron chi connectivity index (χ4n) is 1.09. The summed E-state index contributed by atoms with van der Waals surface area (Å²) in [6, 6.07) is 0. The predicted octanol–water partition coefficient (Wildman–Crippen LogP) is 2.51. The number of aromatic nitrogens is 2. The van der Waals surface area contributed by atoms with Crippen LogP contribution in [0.3, 0.4) is 0 Å². The van der Waals surface area contributed by atoms with Crippen molar-refractivity contribution in [3.05, 3.63) is 11.7 Å². The number of unbranched alkanes of at least 4 members (excludes halogenated alkanes) is 1. The molecule has 6 heteroatoms. The van der Waals surface area contributed by atoms with Crippen LogP contribution in [0.5, 0.6) is 0 Å². The monoisotopic (exact) mass is 258 g/mol. The van der Waals surface area contributed by atoms with Gasteiger partial charge in [-0.05, 0) is 20.3 Å². The van der Waals surface area contributed by atoms with E-state index in [-0.39, 0.29) is 0 Å². The SMILES string of the molecule is CCCCc1noc(CSC(C)(C)C(=O)O)n1. The van der Waals surface area contributed by atoms with Gasteiger partial charge in [-0.25, -0.2) is 0 Å². The molecule has 0 amide bonds. The molecule has 0 aromatic carbocycles. The van der Waals surface area contributed by atoms with Crippen LogP contribution in [0, 0.1) is 0 Å². The van der Waals surface area contributed by atoms with Crippen LogP contribution in [0.1, 0.15) is 45.3 Å².